The first kappa shape index (κ1) is 21.2. The maximum Gasteiger partial charge on any atom is 0.254 e. The number of rotatable bonds is 8. The summed E-state index contributed by atoms with van der Waals surface area (Å²) in [5, 5.41) is 0. The predicted octanol–water partition coefficient (Wildman–Crippen LogP) is 3.62. The van der Waals surface area contributed by atoms with Crippen molar-refractivity contribution in [3.63, 3.8) is 0 Å². The Bertz CT molecular complexity index is 816. The lowest BCUT2D eigenvalue weighted by Crippen LogP contribution is -2.47. The Morgan fingerprint density at radius 3 is 2.47 bits per heavy atom. The minimum absolute atomic E-state index is 0.257. The van der Waals surface area contributed by atoms with E-state index in [2.05, 4.69) is 37.7 Å². The van der Waals surface area contributed by atoms with Gasteiger partial charge >= 0.3 is 0 Å². The molecule has 30 heavy (non-hydrogen) atoms. The fourth-order valence-electron chi connectivity index (χ4n) is 4.46. The molecule has 0 atom stereocenters. The molecule has 0 radical (unpaired) electrons. The summed E-state index contributed by atoms with van der Waals surface area (Å²) in [5.74, 6) is 1.11. The van der Waals surface area contributed by atoms with Gasteiger partial charge < -0.3 is 9.80 Å². The van der Waals surface area contributed by atoms with Crippen LogP contribution in [0.4, 0.5) is 5.95 Å². The first-order chi connectivity index (χ1) is 14.7. The highest BCUT2D eigenvalue weighted by Gasteiger charge is 2.23. The van der Waals surface area contributed by atoms with Crippen LogP contribution in [0.3, 0.4) is 0 Å². The molecule has 0 aliphatic carbocycles. The summed E-state index contributed by atoms with van der Waals surface area (Å²) in [4.78, 5) is 31.0. The smallest absolute Gasteiger partial charge is 0.254 e. The van der Waals surface area contributed by atoms with Gasteiger partial charge in [0.25, 0.3) is 5.91 Å². The lowest BCUT2D eigenvalue weighted by molar-refractivity contribution is 0.0758. The fraction of sp³-hybridized carbons (Fsp3) is 0.609. The molecule has 1 amide bonds. The molecule has 0 aromatic carbocycles. The van der Waals surface area contributed by atoms with Crippen molar-refractivity contribution in [2.45, 2.75) is 45.4 Å². The Morgan fingerprint density at radius 1 is 0.967 bits per heavy atom. The maximum atomic E-state index is 12.8. The number of amides is 1. The molecule has 162 valence electrons. The van der Waals surface area contributed by atoms with Gasteiger partial charge in [0.15, 0.2) is 0 Å². The van der Waals surface area contributed by atoms with E-state index in [-0.39, 0.29) is 5.91 Å². The van der Waals surface area contributed by atoms with Gasteiger partial charge in [0.05, 0.1) is 5.56 Å². The zero-order chi connectivity index (χ0) is 20.8. The van der Waals surface area contributed by atoms with Gasteiger partial charge in [-0.05, 0) is 51.3 Å². The van der Waals surface area contributed by atoms with Crippen LogP contribution < -0.4 is 4.90 Å². The van der Waals surface area contributed by atoms with E-state index in [1.54, 1.807) is 11.3 Å². The van der Waals surface area contributed by atoms with Crippen molar-refractivity contribution >= 4 is 23.2 Å². The Hall–Kier alpha value is -1.99. The summed E-state index contributed by atoms with van der Waals surface area (Å²) in [6.07, 6.45) is 10.6. The Labute approximate surface area is 183 Å². The van der Waals surface area contributed by atoms with Crippen LogP contribution in [0.25, 0.3) is 0 Å². The number of aryl methyl sites for hydroxylation is 2. The van der Waals surface area contributed by atoms with Crippen molar-refractivity contribution in [2.24, 2.45) is 0 Å². The molecule has 0 bridgehead atoms. The number of piperazine rings is 1. The van der Waals surface area contributed by atoms with Gasteiger partial charge in [-0.1, -0.05) is 12.8 Å². The highest BCUT2D eigenvalue weighted by Crippen LogP contribution is 2.27. The van der Waals surface area contributed by atoms with Crippen LogP contribution in [-0.4, -0.2) is 71.5 Å². The molecule has 4 rings (SSSR count). The maximum absolute atomic E-state index is 12.8. The van der Waals surface area contributed by atoms with Crippen molar-refractivity contribution in [1.82, 2.24) is 19.8 Å². The van der Waals surface area contributed by atoms with Gasteiger partial charge in [0.2, 0.25) is 5.95 Å². The molecule has 1 fully saturated rings. The molecule has 4 heterocycles. The molecule has 0 N–H and O–H groups in total. The largest absolute Gasteiger partial charge is 0.339 e. The van der Waals surface area contributed by atoms with Gasteiger partial charge in [0, 0.05) is 61.4 Å². The number of aromatic nitrogens is 2. The number of fused-ring (bicyclic) bond motifs is 1. The highest BCUT2D eigenvalue weighted by molar-refractivity contribution is 7.12. The first-order valence-electron chi connectivity index (χ1n) is 11.3. The van der Waals surface area contributed by atoms with E-state index in [1.807, 2.05) is 18.5 Å². The van der Waals surface area contributed by atoms with Crippen LogP contribution in [0.2, 0.25) is 0 Å². The molecule has 7 heteroatoms. The normalized spacial score (nSPS) is 17.8. The van der Waals surface area contributed by atoms with Crippen LogP contribution in [-0.2, 0) is 6.42 Å². The summed E-state index contributed by atoms with van der Waals surface area (Å²) in [6, 6.07) is 3.95. The molecule has 2 aromatic rings. The second-order valence-electron chi connectivity index (χ2n) is 8.38. The zero-order valence-electron chi connectivity index (χ0n) is 18.1. The molecule has 2 aliphatic heterocycles. The van der Waals surface area contributed by atoms with Crippen LogP contribution in [0, 0.1) is 6.92 Å². The SMILES string of the molecule is Cc1cc2c(s1)CCCN(CCCCCCN1CCN(c3ncccn3)CC1)C2=O. The molecule has 0 spiro atoms. The second kappa shape index (κ2) is 10.4. The third-order valence-electron chi connectivity index (χ3n) is 6.14. The molecule has 0 saturated carbocycles. The molecule has 2 aliphatic rings. The van der Waals surface area contributed by atoms with Crippen molar-refractivity contribution in [1.29, 1.82) is 0 Å². The third kappa shape index (κ3) is 5.38. The highest BCUT2D eigenvalue weighted by atomic mass is 32.1. The van der Waals surface area contributed by atoms with Gasteiger partial charge in [-0.3, -0.25) is 9.69 Å². The summed E-state index contributed by atoms with van der Waals surface area (Å²) >= 11 is 1.79. The van der Waals surface area contributed by atoms with Gasteiger partial charge in [-0.2, -0.15) is 0 Å². The number of unbranched alkanes of at least 4 members (excludes halogenated alkanes) is 3. The number of anilines is 1. The van der Waals surface area contributed by atoms with Crippen LogP contribution in [0.5, 0.6) is 0 Å². The van der Waals surface area contributed by atoms with E-state index in [0.29, 0.717) is 0 Å². The molecule has 1 saturated heterocycles. The van der Waals surface area contributed by atoms with Crippen LogP contribution >= 0.6 is 11.3 Å². The summed E-state index contributed by atoms with van der Waals surface area (Å²) in [6.45, 7) is 9.27. The summed E-state index contributed by atoms with van der Waals surface area (Å²) < 4.78 is 0. The second-order valence-corrected chi connectivity index (χ2v) is 9.72. The van der Waals surface area contributed by atoms with Crippen molar-refractivity contribution in [3.05, 3.63) is 39.8 Å². The van der Waals surface area contributed by atoms with Crippen LogP contribution in [0.1, 0.15) is 52.2 Å². The average Bonchev–Trinajstić information content (AvgIpc) is 3.09. The molecule has 6 nitrogen and oxygen atoms in total. The minimum atomic E-state index is 0.257. The van der Waals surface area contributed by atoms with Crippen molar-refractivity contribution in [3.8, 4) is 0 Å². The number of hydrogen-bond donors (Lipinski definition) is 0. The number of carbonyl (C=O) groups excluding carboxylic acids is 1. The lowest BCUT2D eigenvalue weighted by atomic mass is 10.1. The quantitative estimate of drug-likeness (QED) is 0.603. The van der Waals surface area contributed by atoms with Crippen molar-refractivity contribution < 1.29 is 4.79 Å². The Balaban J connectivity index is 1.10. The monoisotopic (exact) mass is 427 g/mol. The van der Waals surface area contributed by atoms with Gasteiger partial charge in [-0.25, -0.2) is 9.97 Å². The number of thiophene rings is 1. The van der Waals surface area contributed by atoms with E-state index in [1.165, 1.54) is 35.6 Å². The standard InChI is InChI=1S/C23H33N5OS/c1-19-18-20-21(30-19)8-6-13-27(22(20)29)12-5-3-2-4-11-26-14-16-28(17-15-26)23-24-9-7-10-25-23/h7,9-10,18H,2-6,8,11-17H2,1H3. The van der Waals surface area contributed by atoms with Crippen molar-refractivity contribution in [2.75, 3.05) is 50.7 Å². The van der Waals surface area contributed by atoms with E-state index < -0.39 is 0 Å². The number of hydrogen-bond acceptors (Lipinski definition) is 6. The van der Waals surface area contributed by atoms with E-state index >= 15 is 0 Å². The topological polar surface area (TPSA) is 52.6 Å². The lowest BCUT2D eigenvalue weighted by Gasteiger charge is -2.34. The third-order valence-corrected chi connectivity index (χ3v) is 7.25. The Morgan fingerprint density at radius 2 is 1.70 bits per heavy atom. The number of carbonyl (C=O) groups is 1. The molecular weight excluding hydrogens is 394 g/mol. The molecular formula is C23H33N5OS. The van der Waals surface area contributed by atoms with E-state index in [9.17, 15) is 4.79 Å². The predicted molar refractivity (Wildman–Crippen MR) is 122 cm³/mol. The van der Waals surface area contributed by atoms with Gasteiger partial charge in [-0.15, -0.1) is 11.3 Å². The van der Waals surface area contributed by atoms with E-state index in [0.717, 1.165) is 70.0 Å². The fourth-order valence-corrected chi connectivity index (χ4v) is 5.53. The zero-order valence-corrected chi connectivity index (χ0v) is 18.9. The first-order valence-corrected chi connectivity index (χ1v) is 12.2. The number of nitrogens with zero attached hydrogens (tertiary/aromatic N) is 5. The minimum Gasteiger partial charge on any atom is -0.339 e. The summed E-state index contributed by atoms with van der Waals surface area (Å²) in [7, 11) is 0. The summed E-state index contributed by atoms with van der Waals surface area (Å²) in [5.41, 5.74) is 0.968. The van der Waals surface area contributed by atoms with Gasteiger partial charge in [0.1, 0.15) is 0 Å². The average molecular weight is 428 g/mol. The van der Waals surface area contributed by atoms with E-state index in [4.69, 9.17) is 0 Å². The molecule has 0 unspecified atom stereocenters. The van der Waals surface area contributed by atoms with Crippen LogP contribution in [0.15, 0.2) is 24.5 Å². The Kier molecular flexibility index (Phi) is 7.33. The molecule has 2 aromatic heterocycles.